The van der Waals surface area contributed by atoms with E-state index in [9.17, 15) is 14.7 Å². The lowest BCUT2D eigenvalue weighted by Crippen LogP contribution is -2.68. The van der Waals surface area contributed by atoms with Crippen LogP contribution in [0.2, 0.25) is 0 Å². The minimum Gasteiger partial charge on any atom is -0.477 e. The number of halogens is 1. The minimum absolute atomic E-state index is 0.0461. The Bertz CT molecular complexity index is 680. The van der Waals surface area contributed by atoms with Crippen molar-refractivity contribution < 1.29 is 14.7 Å². The molecule has 5 nitrogen and oxygen atoms in total. The maximum Gasteiger partial charge on any atom is 0.353 e. The molecule has 0 spiro atoms. The topological polar surface area (TPSA) is 83.6 Å². The first kappa shape index (κ1) is 15.7. The van der Waals surface area contributed by atoms with Crippen LogP contribution in [0.25, 0.3) is 0 Å². The van der Waals surface area contributed by atoms with Gasteiger partial charge < -0.3 is 10.8 Å². The van der Waals surface area contributed by atoms with Gasteiger partial charge in [0, 0.05) is 21.4 Å². The highest BCUT2D eigenvalue weighted by molar-refractivity contribution is 8.06. The number of carboxylic acids is 1. The number of β-lactam (4-membered cyclic amide) rings is 1. The van der Waals surface area contributed by atoms with E-state index in [2.05, 4.69) is 0 Å². The minimum atomic E-state index is -1.10. The summed E-state index contributed by atoms with van der Waals surface area (Å²) in [5, 5.41) is 9.23. The number of thioether (sulfide) groups is 2. The average molecular weight is 357 g/mol. The van der Waals surface area contributed by atoms with Gasteiger partial charge in [-0.3, -0.25) is 9.69 Å². The van der Waals surface area contributed by atoms with Crippen LogP contribution in [-0.2, 0) is 15.5 Å². The van der Waals surface area contributed by atoms with Crippen molar-refractivity contribution in [1.29, 1.82) is 0 Å². The van der Waals surface area contributed by atoms with Gasteiger partial charge in [-0.25, -0.2) is 4.79 Å². The van der Waals surface area contributed by atoms with Crippen molar-refractivity contribution in [2.24, 2.45) is 5.73 Å². The summed E-state index contributed by atoms with van der Waals surface area (Å²) in [6, 6.07) is 6.96. The normalized spacial score (nSPS) is 24.1. The largest absolute Gasteiger partial charge is 0.477 e. The van der Waals surface area contributed by atoms with Crippen LogP contribution >= 0.6 is 35.1 Å². The van der Waals surface area contributed by atoms with Crippen LogP contribution in [0, 0.1) is 0 Å². The fraction of sp³-hybridized carbons (Fsp3) is 0.286. The predicted molar refractivity (Wildman–Crippen MR) is 87.6 cm³/mol. The van der Waals surface area contributed by atoms with Crippen molar-refractivity contribution >= 4 is 47.0 Å². The molecule has 2 atom stereocenters. The van der Waals surface area contributed by atoms with E-state index < -0.39 is 12.0 Å². The maximum atomic E-state index is 11.9. The van der Waals surface area contributed by atoms with Gasteiger partial charge in [0.15, 0.2) is 0 Å². The molecule has 3 rings (SSSR count). The van der Waals surface area contributed by atoms with Crippen LogP contribution in [0.15, 0.2) is 39.8 Å². The van der Waals surface area contributed by atoms with E-state index in [-0.39, 0.29) is 17.0 Å². The van der Waals surface area contributed by atoms with Crippen molar-refractivity contribution in [2.75, 3.05) is 5.75 Å². The van der Waals surface area contributed by atoms with Gasteiger partial charge in [-0.15, -0.1) is 23.4 Å². The van der Waals surface area contributed by atoms with Gasteiger partial charge in [-0.2, -0.15) is 0 Å². The molecule has 0 unspecified atom stereocenters. The number of fused-ring (bicyclic) bond motifs is 1. The number of nitrogens with zero attached hydrogens (tertiary/aromatic N) is 1. The van der Waals surface area contributed by atoms with E-state index in [4.69, 9.17) is 17.3 Å². The number of nitrogens with two attached hydrogens (primary N) is 1. The number of alkyl halides is 1. The van der Waals surface area contributed by atoms with Gasteiger partial charge in [0.05, 0.1) is 0 Å². The Morgan fingerprint density at radius 3 is 2.91 bits per heavy atom. The first-order valence-corrected chi connectivity index (χ1v) is 8.93. The zero-order chi connectivity index (χ0) is 15.9. The summed E-state index contributed by atoms with van der Waals surface area (Å²) in [7, 11) is 0. The van der Waals surface area contributed by atoms with E-state index in [0.717, 1.165) is 10.5 Å². The van der Waals surface area contributed by atoms with Gasteiger partial charge >= 0.3 is 5.97 Å². The third kappa shape index (κ3) is 2.52. The molecule has 22 heavy (non-hydrogen) atoms. The highest BCUT2D eigenvalue weighted by Gasteiger charge is 2.51. The average Bonchev–Trinajstić information content (AvgIpc) is 2.53. The lowest BCUT2D eigenvalue weighted by molar-refractivity contribution is -0.147. The molecule has 1 fully saturated rings. The van der Waals surface area contributed by atoms with Gasteiger partial charge in [0.2, 0.25) is 5.91 Å². The molecule has 2 heterocycles. The van der Waals surface area contributed by atoms with Crippen LogP contribution < -0.4 is 5.73 Å². The number of carbonyl (C=O) groups is 2. The molecular weight excluding hydrogens is 344 g/mol. The van der Waals surface area contributed by atoms with E-state index in [1.807, 2.05) is 24.3 Å². The maximum absolute atomic E-state index is 11.9. The Hall–Kier alpha value is -1.15. The number of carbonyl (C=O) groups excluding carboxylic acids is 1. The molecule has 0 bridgehead atoms. The zero-order valence-corrected chi connectivity index (χ0v) is 13.7. The number of aliphatic carboxylic acids is 1. The first-order chi connectivity index (χ1) is 10.5. The predicted octanol–water partition coefficient (Wildman–Crippen LogP) is 2.06. The molecule has 0 aromatic heterocycles. The molecule has 3 N–H and O–H groups in total. The smallest absolute Gasteiger partial charge is 0.353 e. The summed E-state index contributed by atoms with van der Waals surface area (Å²) < 4.78 is 0. The molecule has 1 aromatic carbocycles. The van der Waals surface area contributed by atoms with Crippen LogP contribution in [0.4, 0.5) is 0 Å². The van der Waals surface area contributed by atoms with Crippen molar-refractivity contribution in [1.82, 2.24) is 4.90 Å². The molecular formula is C14H13ClN2O3S2. The number of hydrogen-bond acceptors (Lipinski definition) is 5. The molecule has 8 heteroatoms. The van der Waals surface area contributed by atoms with Crippen molar-refractivity contribution in [3.05, 3.63) is 40.4 Å². The second-order valence-electron chi connectivity index (χ2n) is 4.86. The Balaban J connectivity index is 1.97. The molecule has 0 aliphatic carbocycles. The summed E-state index contributed by atoms with van der Waals surface area (Å²) in [6.07, 6.45) is 0. The fourth-order valence-corrected chi connectivity index (χ4v) is 5.27. The van der Waals surface area contributed by atoms with Crippen LogP contribution in [0.1, 0.15) is 5.56 Å². The Kier molecular flexibility index (Phi) is 4.40. The second-order valence-corrected chi connectivity index (χ2v) is 7.36. The van der Waals surface area contributed by atoms with Crippen molar-refractivity contribution in [2.45, 2.75) is 22.2 Å². The molecule has 1 aromatic rings. The van der Waals surface area contributed by atoms with Crippen LogP contribution in [0.3, 0.4) is 0 Å². The standard InChI is InChI=1S/C14H13ClN2O3S2/c15-5-7-3-1-2-4-8(7)22-9-6-21-13-10(16)12(18)17(13)11(9)14(19)20/h1-4,10,13H,5-6,16H2,(H,19,20)/t10-,13+/m1/s1. The SMILES string of the molecule is N[C@@H]1C(=O)N2C(C(=O)O)=C(Sc3ccccc3CCl)CS[C@@H]12. The summed E-state index contributed by atoms with van der Waals surface area (Å²) in [6.45, 7) is 0. The highest BCUT2D eigenvalue weighted by atomic mass is 35.5. The van der Waals surface area contributed by atoms with E-state index in [1.165, 1.54) is 28.4 Å². The third-order valence-electron chi connectivity index (χ3n) is 3.53. The monoisotopic (exact) mass is 356 g/mol. The fourth-order valence-electron chi connectivity index (χ4n) is 2.41. The van der Waals surface area contributed by atoms with Crippen LogP contribution in [-0.4, -0.2) is 39.1 Å². The molecule has 116 valence electrons. The summed E-state index contributed by atoms with van der Waals surface area (Å²) in [4.78, 5) is 26.4. The van der Waals surface area contributed by atoms with Gasteiger partial charge in [0.25, 0.3) is 0 Å². The zero-order valence-electron chi connectivity index (χ0n) is 11.4. The molecule has 0 radical (unpaired) electrons. The number of rotatable bonds is 4. The van der Waals surface area contributed by atoms with E-state index in [1.54, 1.807) is 0 Å². The van der Waals surface area contributed by atoms with Gasteiger partial charge in [-0.1, -0.05) is 30.0 Å². The molecule has 0 saturated carbocycles. The lowest BCUT2D eigenvalue weighted by Gasteiger charge is -2.47. The van der Waals surface area contributed by atoms with Gasteiger partial charge in [0.1, 0.15) is 17.1 Å². The number of amides is 1. The molecule has 2 aliphatic heterocycles. The number of carboxylic acid groups (broad SMARTS) is 1. The van der Waals surface area contributed by atoms with E-state index >= 15 is 0 Å². The van der Waals surface area contributed by atoms with Crippen LogP contribution in [0.5, 0.6) is 0 Å². The van der Waals surface area contributed by atoms with Crippen molar-refractivity contribution in [3.63, 3.8) is 0 Å². The Labute approximate surface area is 140 Å². The van der Waals surface area contributed by atoms with Crippen molar-refractivity contribution in [3.8, 4) is 0 Å². The molecule has 2 aliphatic rings. The second kappa shape index (κ2) is 6.16. The molecule has 1 saturated heterocycles. The summed E-state index contributed by atoms with van der Waals surface area (Å²) in [5.41, 5.74) is 6.71. The lowest BCUT2D eigenvalue weighted by atomic mass is 10.1. The third-order valence-corrected chi connectivity index (χ3v) is 6.50. The highest BCUT2D eigenvalue weighted by Crippen LogP contribution is 2.45. The first-order valence-electron chi connectivity index (χ1n) is 6.53. The number of benzene rings is 1. The Morgan fingerprint density at radius 1 is 1.50 bits per heavy atom. The quantitative estimate of drug-likeness (QED) is 0.634. The molecule has 1 amide bonds. The van der Waals surface area contributed by atoms with E-state index in [0.29, 0.717) is 16.5 Å². The Morgan fingerprint density at radius 2 is 2.23 bits per heavy atom. The summed E-state index contributed by atoms with van der Waals surface area (Å²) in [5.74, 6) is -0.567. The summed E-state index contributed by atoms with van der Waals surface area (Å²) >= 11 is 8.77. The number of hydrogen-bond donors (Lipinski definition) is 2. The van der Waals surface area contributed by atoms with Gasteiger partial charge in [-0.05, 0) is 11.6 Å².